The number of amides is 5. The lowest BCUT2D eigenvalue weighted by molar-refractivity contribution is -0.366. The smallest absolute Gasteiger partial charge is 0.333 e. The molecule has 0 saturated carbocycles. The van der Waals surface area contributed by atoms with Crippen LogP contribution in [0.3, 0.4) is 0 Å². The molecule has 4 aliphatic heterocycles. The topological polar surface area (TPSA) is 557 Å². The minimum Gasteiger partial charge on any atom is -0.492 e. The lowest BCUT2D eigenvalue weighted by Gasteiger charge is -2.46. The normalized spacial score (nSPS) is 31.8. The van der Waals surface area contributed by atoms with E-state index in [0.29, 0.717) is 43.3 Å². The van der Waals surface area contributed by atoms with Crippen molar-refractivity contribution < 1.29 is 148 Å². The number of hydrogen-bond acceptors (Lipinski definition) is 31. The Kier molecular flexibility index (Phi) is 32.7. The third-order valence-electron chi connectivity index (χ3n) is 15.1. The van der Waals surface area contributed by atoms with Gasteiger partial charge in [-0.1, -0.05) is 12.8 Å². The second-order valence-electron chi connectivity index (χ2n) is 22.2. The fraction of sp³-hybridized carbons (Fsp3) is 0.815. The fourth-order valence-corrected chi connectivity index (χ4v) is 9.81. The predicted molar refractivity (Wildman–Crippen MR) is 300 cm³/mol. The molecule has 522 valence electrons. The molecule has 0 bridgehead atoms. The summed E-state index contributed by atoms with van der Waals surface area (Å²) in [6, 6.07) is 2.27. The van der Waals surface area contributed by atoms with E-state index < -0.39 is 191 Å². The van der Waals surface area contributed by atoms with Crippen LogP contribution in [0.2, 0.25) is 0 Å². The number of aromatic nitrogens is 1. The van der Waals surface area contributed by atoms with Crippen LogP contribution in [0.5, 0.6) is 11.8 Å². The molecule has 37 nitrogen and oxygen atoms in total. The first kappa shape index (κ1) is 76.5. The number of aromatic hydroxyl groups is 2. The molecule has 20 unspecified atom stereocenters. The van der Waals surface area contributed by atoms with E-state index in [0.717, 1.165) is 12.1 Å². The molecular weight excluding hydrogens is 1230 g/mol. The van der Waals surface area contributed by atoms with Crippen LogP contribution in [0.25, 0.3) is 0 Å². The average Bonchev–Trinajstić information content (AvgIpc) is 1.57. The van der Waals surface area contributed by atoms with Crippen molar-refractivity contribution >= 4 is 35.5 Å². The van der Waals surface area contributed by atoms with E-state index in [1.54, 1.807) is 0 Å². The number of aliphatic hydroxyl groups is 13. The summed E-state index contributed by atoms with van der Waals surface area (Å²) in [6.07, 6.45) is -29.7. The van der Waals surface area contributed by atoms with Crippen molar-refractivity contribution in [1.29, 1.82) is 0 Å². The Labute approximate surface area is 521 Å². The highest BCUT2D eigenvalue weighted by molar-refractivity contribution is 5.84. The molecule has 20 N–H and O–H groups in total. The standard InChI is InChI=1S/C54H91N7O30/c1-27-39(72)43(76)46(79)51(86-27)83-19-17-58-31(64)9-4-2-6-14-55-33(66)21-60(22-34(67)56-15-7-3-5-11-38(71)91-61-36(69)12-13-37(61)70)23-35(68)57-16-8-10-32(65)59-18-20-84-53-49(82)50(90-54-48(81)45(78)41(74)29(25-63)88-54)42(75)30(89-53)26-85-52-47(80)44(77)40(73)28(24-62)87-52/h12-13,27-30,39-54,62-63,69-70,72-82H,2-11,14-26H2,1H3,(H,55,66)(H,56,67)(H,57,68)(H,58,64)(H,59,65). The van der Waals surface area contributed by atoms with Crippen LogP contribution in [0, 0.1) is 0 Å². The molecule has 0 aliphatic carbocycles. The number of aliphatic hydroxyl groups excluding tert-OH is 13. The monoisotopic (exact) mass is 1320 g/mol. The quantitative estimate of drug-likeness (QED) is 0.0273. The summed E-state index contributed by atoms with van der Waals surface area (Å²) in [4.78, 5) is 82.9. The zero-order valence-electron chi connectivity index (χ0n) is 50.2. The van der Waals surface area contributed by atoms with Gasteiger partial charge in [0.05, 0.1) is 58.8 Å². The highest BCUT2D eigenvalue weighted by atomic mass is 16.8. The second kappa shape index (κ2) is 38.9. The minimum atomic E-state index is -1.97. The molecule has 4 fully saturated rings. The number of unbranched alkanes of at least 4 members (excludes halogenated alkanes) is 4. The van der Waals surface area contributed by atoms with E-state index in [4.69, 9.17) is 42.7 Å². The van der Waals surface area contributed by atoms with Crippen LogP contribution >= 0.6 is 0 Å². The second-order valence-corrected chi connectivity index (χ2v) is 22.2. The van der Waals surface area contributed by atoms with Crippen molar-refractivity contribution in [3.8, 4) is 11.8 Å². The molecule has 5 amide bonds. The van der Waals surface area contributed by atoms with E-state index >= 15 is 0 Å². The summed E-state index contributed by atoms with van der Waals surface area (Å²) in [7, 11) is 0. The van der Waals surface area contributed by atoms with Crippen molar-refractivity contribution in [2.45, 2.75) is 194 Å². The molecule has 91 heavy (non-hydrogen) atoms. The van der Waals surface area contributed by atoms with Crippen molar-refractivity contribution in [2.24, 2.45) is 0 Å². The Morgan fingerprint density at radius 3 is 1.38 bits per heavy atom. The average molecular weight is 1320 g/mol. The van der Waals surface area contributed by atoms with Gasteiger partial charge in [0, 0.05) is 64.1 Å². The van der Waals surface area contributed by atoms with E-state index in [9.17, 15) is 105 Å². The summed E-state index contributed by atoms with van der Waals surface area (Å²) in [5, 5.41) is 167. The maximum Gasteiger partial charge on any atom is 0.333 e. The van der Waals surface area contributed by atoms with Gasteiger partial charge in [0.15, 0.2) is 25.2 Å². The number of carbonyl (C=O) groups excluding carboxylic acids is 6. The minimum absolute atomic E-state index is 0.0232. The Morgan fingerprint density at radius 2 is 0.868 bits per heavy atom. The summed E-state index contributed by atoms with van der Waals surface area (Å²) < 4.78 is 44.8. The molecule has 1 aromatic heterocycles. The molecule has 0 radical (unpaired) electrons. The van der Waals surface area contributed by atoms with Gasteiger partial charge in [-0.2, -0.15) is 0 Å². The van der Waals surface area contributed by atoms with Crippen molar-refractivity contribution in [3.05, 3.63) is 12.1 Å². The highest BCUT2D eigenvalue weighted by Crippen LogP contribution is 2.31. The summed E-state index contributed by atoms with van der Waals surface area (Å²) in [6.45, 7) is -2.16. The van der Waals surface area contributed by atoms with Crippen molar-refractivity contribution in [2.75, 3.05) is 85.4 Å². The van der Waals surface area contributed by atoms with Crippen LogP contribution < -0.4 is 31.4 Å². The van der Waals surface area contributed by atoms with E-state index in [2.05, 4.69) is 26.6 Å². The van der Waals surface area contributed by atoms with Crippen molar-refractivity contribution in [3.63, 3.8) is 0 Å². The number of carbonyl (C=O) groups is 6. The van der Waals surface area contributed by atoms with Crippen LogP contribution in [-0.2, 0) is 66.7 Å². The Bertz CT molecular complexity index is 2360. The summed E-state index contributed by atoms with van der Waals surface area (Å²) in [5.74, 6) is -4.09. The van der Waals surface area contributed by atoms with E-state index in [1.165, 1.54) is 11.8 Å². The van der Waals surface area contributed by atoms with Crippen LogP contribution in [0.4, 0.5) is 0 Å². The number of nitrogens with zero attached hydrogens (tertiary/aromatic N) is 2. The molecule has 4 aliphatic rings. The van der Waals surface area contributed by atoms with Gasteiger partial charge in [-0.15, -0.1) is 4.73 Å². The van der Waals surface area contributed by atoms with Crippen LogP contribution in [0.1, 0.15) is 71.1 Å². The molecule has 1 aromatic rings. The maximum atomic E-state index is 13.2. The largest absolute Gasteiger partial charge is 0.492 e. The molecular formula is C54H91N7O30. The third kappa shape index (κ3) is 24.0. The molecule has 20 atom stereocenters. The lowest BCUT2D eigenvalue weighted by Crippen LogP contribution is -2.65. The van der Waals surface area contributed by atoms with Crippen molar-refractivity contribution in [1.82, 2.24) is 36.2 Å². The third-order valence-corrected chi connectivity index (χ3v) is 15.1. The maximum absolute atomic E-state index is 13.2. The van der Waals surface area contributed by atoms with Gasteiger partial charge in [0.1, 0.15) is 91.6 Å². The number of nitrogens with one attached hydrogen (secondary N) is 5. The van der Waals surface area contributed by atoms with E-state index in [1.807, 2.05) is 0 Å². The van der Waals surface area contributed by atoms with Gasteiger partial charge in [-0.25, -0.2) is 4.79 Å². The van der Waals surface area contributed by atoms with Gasteiger partial charge < -0.3 is 146 Å². The Hall–Kier alpha value is -5.18. The van der Waals surface area contributed by atoms with Gasteiger partial charge in [0.25, 0.3) is 0 Å². The molecule has 5 heterocycles. The predicted octanol–water partition coefficient (Wildman–Crippen LogP) is -10.1. The summed E-state index contributed by atoms with van der Waals surface area (Å²) in [5.41, 5.74) is 0. The zero-order chi connectivity index (χ0) is 66.9. The Morgan fingerprint density at radius 1 is 0.451 bits per heavy atom. The van der Waals surface area contributed by atoms with Gasteiger partial charge >= 0.3 is 5.97 Å². The molecule has 4 saturated heterocycles. The molecule has 37 heteroatoms. The van der Waals surface area contributed by atoms with Crippen LogP contribution in [-0.4, -0.2) is 330 Å². The lowest BCUT2D eigenvalue weighted by atomic mass is 9.96. The molecule has 0 spiro atoms. The first-order valence-electron chi connectivity index (χ1n) is 30.0. The molecule has 0 aromatic carbocycles. The van der Waals surface area contributed by atoms with Gasteiger partial charge in [-0.3, -0.25) is 28.9 Å². The van der Waals surface area contributed by atoms with Gasteiger partial charge in [0.2, 0.25) is 41.3 Å². The summed E-state index contributed by atoms with van der Waals surface area (Å²) >= 11 is 0. The van der Waals surface area contributed by atoms with Crippen LogP contribution in [0.15, 0.2) is 12.1 Å². The Balaban J connectivity index is 1.04. The number of hydrogen-bond donors (Lipinski definition) is 20. The number of rotatable bonds is 38. The first-order chi connectivity index (χ1) is 43.3. The first-order valence-corrected chi connectivity index (χ1v) is 30.0. The van der Waals surface area contributed by atoms with E-state index in [-0.39, 0.29) is 90.6 Å². The zero-order valence-corrected chi connectivity index (χ0v) is 50.2. The fourth-order valence-electron chi connectivity index (χ4n) is 9.81. The highest BCUT2D eigenvalue weighted by Gasteiger charge is 2.52. The SMILES string of the molecule is CC1OC(OCCNC(=O)CCCCCNC(=O)CN(CC(=O)NCCCCCC(=O)On2c(O)ccc2O)CC(=O)NCCCC(=O)NCCOC2OC(COC3OC(CO)C(O)C(O)C3O)C(O)C(OC3OC(CO)C(O)C(O)C3O)C2O)C(O)C(O)C1O. The van der Waals surface area contributed by atoms with Gasteiger partial charge in [-0.05, 0) is 39.0 Å². The number of ether oxygens (including phenoxy) is 8. The molecule has 5 rings (SSSR count).